The van der Waals surface area contributed by atoms with Crippen molar-refractivity contribution in [2.45, 2.75) is 0 Å². The molecular formula is C13H10LiNO2. The van der Waals surface area contributed by atoms with Crippen molar-refractivity contribution < 1.29 is 28.8 Å². The molecule has 3 nitrogen and oxygen atoms in total. The van der Waals surface area contributed by atoms with E-state index in [2.05, 4.69) is 5.32 Å². The van der Waals surface area contributed by atoms with Crippen LogP contribution in [0, 0.1) is 0 Å². The Morgan fingerprint density at radius 3 is 2.18 bits per heavy atom. The van der Waals surface area contributed by atoms with Crippen molar-refractivity contribution in [2.75, 3.05) is 5.32 Å². The Morgan fingerprint density at radius 2 is 1.53 bits per heavy atom. The summed E-state index contributed by atoms with van der Waals surface area (Å²) >= 11 is 0. The first-order chi connectivity index (χ1) is 7.77. The number of carboxylic acids is 1. The summed E-state index contributed by atoms with van der Waals surface area (Å²) in [4.78, 5) is 10.9. The molecule has 17 heavy (non-hydrogen) atoms. The van der Waals surface area contributed by atoms with Crippen LogP contribution in [-0.4, -0.2) is 5.97 Å². The number of aromatic carboxylic acids is 1. The summed E-state index contributed by atoms with van der Waals surface area (Å²) in [6.07, 6.45) is 0. The summed E-state index contributed by atoms with van der Waals surface area (Å²) in [7, 11) is 0. The molecule has 0 amide bonds. The second-order valence-electron chi connectivity index (χ2n) is 3.32. The molecule has 0 unspecified atom stereocenters. The SMILES string of the molecule is O=C([O-])c1ccccc1Nc1ccccc1.[Li+]. The second-order valence-corrected chi connectivity index (χ2v) is 3.32. The molecule has 0 saturated heterocycles. The van der Waals surface area contributed by atoms with Crippen LogP contribution in [-0.2, 0) is 0 Å². The molecule has 0 aromatic heterocycles. The van der Waals surface area contributed by atoms with Gasteiger partial charge in [0, 0.05) is 16.9 Å². The van der Waals surface area contributed by atoms with E-state index in [4.69, 9.17) is 0 Å². The Morgan fingerprint density at radius 1 is 0.941 bits per heavy atom. The van der Waals surface area contributed by atoms with Crippen molar-refractivity contribution in [2.24, 2.45) is 0 Å². The minimum Gasteiger partial charge on any atom is -0.545 e. The maximum absolute atomic E-state index is 10.9. The molecule has 0 bridgehead atoms. The predicted molar refractivity (Wildman–Crippen MR) is 60.5 cm³/mol. The van der Waals surface area contributed by atoms with Crippen LogP contribution in [0.3, 0.4) is 0 Å². The number of benzene rings is 2. The van der Waals surface area contributed by atoms with E-state index in [0.717, 1.165) is 5.69 Å². The van der Waals surface area contributed by atoms with Gasteiger partial charge in [-0.05, 0) is 18.2 Å². The fraction of sp³-hybridized carbons (Fsp3) is 0. The smallest absolute Gasteiger partial charge is 0.545 e. The fourth-order valence-electron chi connectivity index (χ4n) is 1.45. The van der Waals surface area contributed by atoms with E-state index in [1.165, 1.54) is 6.07 Å². The van der Waals surface area contributed by atoms with E-state index in [0.29, 0.717) is 5.69 Å². The number of carbonyl (C=O) groups is 1. The van der Waals surface area contributed by atoms with Crippen molar-refractivity contribution in [3.63, 3.8) is 0 Å². The van der Waals surface area contributed by atoms with E-state index in [9.17, 15) is 9.90 Å². The van der Waals surface area contributed by atoms with Crippen LogP contribution in [0.4, 0.5) is 11.4 Å². The van der Waals surface area contributed by atoms with Crippen molar-refractivity contribution in [3.05, 3.63) is 60.2 Å². The van der Waals surface area contributed by atoms with Crippen LogP contribution < -0.4 is 29.3 Å². The van der Waals surface area contributed by atoms with Crippen molar-refractivity contribution in [3.8, 4) is 0 Å². The Hall–Kier alpha value is -1.69. The summed E-state index contributed by atoms with van der Waals surface area (Å²) in [5, 5.41) is 13.9. The summed E-state index contributed by atoms with van der Waals surface area (Å²) in [6, 6.07) is 16.1. The first-order valence-corrected chi connectivity index (χ1v) is 4.90. The number of hydrogen-bond donors (Lipinski definition) is 1. The van der Waals surface area contributed by atoms with Gasteiger partial charge in [0.15, 0.2) is 0 Å². The van der Waals surface area contributed by atoms with Crippen molar-refractivity contribution >= 4 is 17.3 Å². The summed E-state index contributed by atoms with van der Waals surface area (Å²) in [5.41, 5.74) is 1.54. The van der Waals surface area contributed by atoms with Gasteiger partial charge in [0.2, 0.25) is 0 Å². The van der Waals surface area contributed by atoms with Crippen LogP contribution in [0.25, 0.3) is 0 Å². The maximum atomic E-state index is 10.9. The van der Waals surface area contributed by atoms with Crippen molar-refractivity contribution in [1.82, 2.24) is 0 Å². The van der Waals surface area contributed by atoms with Gasteiger partial charge in [-0.15, -0.1) is 0 Å². The zero-order valence-electron chi connectivity index (χ0n) is 9.51. The first-order valence-electron chi connectivity index (χ1n) is 4.90. The average molecular weight is 219 g/mol. The zero-order chi connectivity index (χ0) is 11.4. The van der Waals surface area contributed by atoms with Crippen LogP contribution in [0.1, 0.15) is 10.4 Å². The molecule has 0 aliphatic rings. The standard InChI is InChI=1S/C13H11NO2.Li/c15-13(16)11-8-4-5-9-12(11)14-10-6-2-1-3-7-10;/h1-9,14H,(H,15,16);/q;+1/p-1. The molecule has 0 atom stereocenters. The molecule has 2 aromatic carbocycles. The van der Waals surface area contributed by atoms with Crippen LogP contribution >= 0.6 is 0 Å². The molecule has 0 heterocycles. The van der Waals surface area contributed by atoms with Crippen molar-refractivity contribution in [1.29, 1.82) is 0 Å². The summed E-state index contributed by atoms with van der Waals surface area (Å²) in [5.74, 6) is -1.18. The van der Waals surface area contributed by atoms with E-state index >= 15 is 0 Å². The average Bonchev–Trinajstić information content (AvgIpc) is 2.31. The van der Waals surface area contributed by atoms with Gasteiger partial charge < -0.3 is 15.2 Å². The quantitative estimate of drug-likeness (QED) is 0.659. The number of nitrogens with one attached hydrogen (secondary N) is 1. The molecule has 0 aliphatic carbocycles. The van der Waals surface area contributed by atoms with E-state index in [1.54, 1.807) is 18.2 Å². The van der Waals surface area contributed by atoms with Crippen LogP contribution in [0.15, 0.2) is 54.6 Å². The second kappa shape index (κ2) is 6.14. The summed E-state index contributed by atoms with van der Waals surface area (Å²) in [6.45, 7) is 0. The van der Waals surface area contributed by atoms with Gasteiger partial charge >= 0.3 is 18.9 Å². The van der Waals surface area contributed by atoms with Crippen LogP contribution in [0.2, 0.25) is 0 Å². The van der Waals surface area contributed by atoms with E-state index in [-0.39, 0.29) is 24.4 Å². The van der Waals surface area contributed by atoms with Crippen LogP contribution in [0.5, 0.6) is 0 Å². The predicted octanol–water partition coefficient (Wildman–Crippen LogP) is -1.20. The fourth-order valence-corrected chi connectivity index (χ4v) is 1.45. The number of hydrogen-bond acceptors (Lipinski definition) is 3. The third-order valence-electron chi connectivity index (χ3n) is 2.20. The number of carbonyl (C=O) groups excluding carboxylic acids is 1. The molecule has 0 saturated carbocycles. The van der Waals surface area contributed by atoms with Gasteiger partial charge in [0.25, 0.3) is 0 Å². The molecule has 2 rings (SSSR count). The summed E-state index contributed by atoms with van der Waals surface area (Å²) < 4.78 is 0. The van der Waals surface area contributed by atoms with E-state index in [1.807, 2.05) is 30.3 Å². The molecule has 0 fully saturated rings. The third kappa shape index (κ3) is 3.38. The van der Waals surface area contributed by atoms with Gasteiger partial charge in [-0.1, -0.05) is 36.4 Å². The monoisotopic (exact) mass is 219 g/mol. The first kappa shape index (κ1) is 13.4. The molecule has 1 N–H and O–H groups in total. The number of rotatable bonds is 3. The van der Waals surface area contributed by atoms with E-state index < -0.39 is 5.97 Å². The molecular weight excluding hydrogens is 209 g/mol. The van der Waals surface area contributed by atoms with Gasteiger partial charge in [-0.2, -0.15) is 0 Å². The van der Waals surface area contributed by atoms with Gasteiger partial charge in [-0.25, -0.2) is 0 Å². The van der Waals surface area contributed by atoms with Gasteiger partial charge in [0.1, 0.15) is 0 Å². The largest absolute Gasteiger partial charge is 1.00 e. The molecule has 4 heteroatoms. The Balaban J connectivity index is 0.00000144. The number of carboxylic acid groups (broad SMARTS) is 1. The van der Waals surface area contributed by atoms with Gasteiger partial charge in [0.05, 0.1) is 5.97 Å². The zero-order valence-corrected chi connectivity index (χ0v) is 9.51. The molecule has 2 aromatic rings. The third-order valence-corrected chi connectivity index (χ3v) is 2.20. The molecule has 80 valence electrons. The number of para-hydroxylation sites is 2. The Kier molecular flexibility index (Phi) is 4.83. The molecule has 0 aliphatic heterocycles. The topological polar surface area (TPSA) is 52.2 Å². The minimum absolute atomic E-state index is 0. The number of anilines is 2. The van der Waals surface area contributed by atoms with Gasteiger partial charge in [-0.3, -0.25) is 0 Å². The maximum Gasteiger partial charge on any atom is 1.00 e. The minimum atomic E-state index is -1.18. The molecule has 0 radical (unpaired) electrons. The Bertz CT molecular complexity index is 500. The molecule has 0 spiro atoms. The normalized spacial score (nSPS) is 9.18. The Labute approximate surface area is 112 Å².